The number of methoxy groups -OCH3 is 2. The Labute approximate surface area is 140 Å². The van der Waals surface area contributed by atoms with Gasteiger partial charge in [-0.1, -0.05) is 18.7 Å². The number of carbonyl (C=O) groups is 3. The monoisotopic (exact) mass is 335 g/mol. The van der Waals surface area contributed by atoms with E-state index in [1.807, 2.05) is 0 Å². The molecule has 0 bridgehead atoms. The summed E-state index contributed by atoms with van der Waals surface area (Å²) in [6, 6.07) is -1.30. The van der Waals surface area contributed by atoms with E-state index in [4.69, 9.17) is 14.2 Å². The molecule has 1 rings (SSSR count). The fraction of sp³-hybridized carbons (Fsp3) is 0.353. The third-order valence-electron chi connectivity index (χ3n) is 3.25. The summed E-state index contributed by atoms with van der Waals surface area (Å²) < 4.78 is 14.8. The number of carbonyl (C=O) groups excluding carboxylic acids is 3. The molecule has 0 aromatic rings. The van der Waals surface area contributed by atoms with Crippen LogP contribution in [0.25, 0.3) is 0 Å². The predicted molar refractivity (Wildman–Crippen MR) is 86.4 cm³/mol. The van der Waals surface area contributed by atoms with Gasteiger partial charge >= 0.3 is 11.9 Å². The van der Waals surface area contributed by atoms with E-state index in [0.29, 0.717) is 5.70 Å². The van der Waals surface area contributed by atoms with Crippen molar-refractivity contribution in [3.63, 3.8) is 0 Å². The van der Waals surface area contributed by atoms with Crippen LogP contribution in [0.15, 0.2) is 47.9 Å². The molecule has 1 aliphatic rings. The Morgan fingerprint density at radius 2 is 1.96 bits per heavy atom. The number of allylic oxidation sites excluding steroid dienone is 4. The van der Waals surface area contributed by atoms with Crippen molar-refractivity contribution in [1.29, 1.82) is 0 Å². The van der Waals surface area contributed by atoms with Gasteiger partial charge in [0.05, 0.1) is 20.8 Å². The van der Waals surface area contributed by atoms with Crippen molar-refractivity contribution in [2.45, 2.75) is 19.9 Å². The zero-order valence-electron chi connectivity index (χ0n) is 14.2. The second kappa shape index (κ2) is 8.71. The average molecular weight is 335 g/mol. The maximum Gasteiger partial charge on any atom is 0.340 e. The Balaban J connectivity index is 3.57. The first-order chi connectivity index (χ1) is 11.5. The SMILES string of the molecule is C=C/C(=C\C=C/C)N1C(=O)C(OCC)=C(C(=O)OC)C1C(=O)OC. The molecule has 0 aromatic carbocycles. The Morgan fingerprint density at radius 1 is 1.29 bits per heavy atom. The van der Waals surface area contributed by atoms with E-state index in [1.54, 1.807) is 32.1 Å². The maximum atomic E-state index is 12.7. The summed E-state index contributed by atoms with van der Waals surface area (Å²) in [6.07, 6.45) is 6.41. The highest BCUT2D eigenvalue weighted by atomic mass is 16.5. The van der Waals surface area contributed by atoms with E-state index in [-0.39, 0.29) is 17.9 Å². The van der Waals surface area contributed by atoms with Gasteiger partial charge in [0.1, 0.15) is 5.57 Å². The lowest BCUT2D eigenvalue weighted by Gasteiger charge is -2.24. The van der Waals surface area contributed by atoms with Crippen LogP contribution >= 0.6 is 0 Å². The maximum absolute atomic E-state index is 12.7. The lowest BCUT2D eigenvalue weighted by atomic mass is 10.1. The molecule has 0 saturated carbocycles. The van der Waals surface area contributed by atoms with Gasteiger partial charge in [0.25, 0.3) is 5.91 Å². The molecule has 1 aliphatic heterocycles. The van der Waals surface area contributed by atoms with Crippen LogP contribution in [0.4, 0.5) is 0 Å². The van der Waals surface area contributed by atoms with Gasteiger partial charge in [0, 0.05) is 5.70 Å². The molecule has 7 nitrogen and oxygen atoms in total. The molecule has 0 spiro atoms. The molecule has 0 N–H and O–H groups in total. The van der Waals surface area contributed by atoms with Crippen LogP contribution in [-0.2, 0) is 28.6 Å². The molecule has 1 atom stereocenters. The fourth-order valence-electron chi connectivity index (χ4n) is 2.24. The van der Waals surface area contributed by atoms with Crippen LogP contribution in [0.1, 0.15) is 13.8 Å². The zero-order valence-corrected chi connectivity index (χ0v) is 14.2. The Kier molecular flexibility index (Phi) is 6.98. The topological polar surface area (TPSA) is 82.1 Å². The fourth-order valence-corrected chi connectivity index (χ4v) is 2.24. The van der Waals surface area contributed by atoms with Crippen LogP contribution in [0.3, 0.4) is 0 Å². The number of nitrogens with zero attached hydrogens (tertiary/aromatic N) is 1. The van der Waals surface area contributed by atoms with Gasteiger partial charge in [-0.05, 0) is 26.0 Å². The first-order valence-corrected chi connectivity index (χ1v) is 7.30. The molecule has 0 radical (unpaired) electrons. The first kappa shape index (κ1) is 19.2. The van der Waals surface area contributed by atoms with Crippen molar-refractivity contribution in [3.05, 3.63) is 47.9 Å². The van der Waals surface area contributed by atoms with Crippen molar-refractivity contribution in [2.75, 3.05) is 20.8 Å². The number of amides is 1. The molecule has 1 amide bonds. The van der Waals surface area contributed by atoms with Gasteiger partial charge in [-0.25, -0.2) is 9.59 Å². The lowest BCUT2D eigenvalue weighted by molar-refractivity contribution is -0.149. The predicted octanol–water partition coefficient (Wildman–Crippen LogP) is 1.48. The third kappa shape index (κ3) is 3.56. The van der Waals surface area contributed by atoms with Gasteiger partial charge in [-0.3, -0.25) is 9.69 Å². The minimum Gasteiger partial charge on any atom is -0.488 e. The molecule has 0 aliphatic carbocycles. The summed E-state index contributed by atoms with van der Waals surface area (Å²) in [4.78, 5) is 38.2. The minimum absolute atomic E-state index is 0.144. The van der Waals surface area contributed by atoms with E-state index in [9.17, 15) is 14.4 Å². The second-order valence-corrected chi connectivity index (χ2v) is 4.59. The lowest BCUT2D eigenvalue weighted by Crippen LogP contribution is -2.42. The van der Waals surface area contributed by atoms with Crippen LogP contribution in [-0.4, -0.2) is 49.6 Å². The molecule has 1 heterocycles. The molecule has 24 heavy (non-hydrogen) atoms. The number of ether oxygens (including phenoxy) is 3. The summed E-state index contributed by atoms with van der Waals surface area (Å²) in [5, 5.41) is 0. The van der Waals surface area contributed by atoms with E-state index in [0.717, 1.165) is 12.0 Å². The van der Waals surface area contributed by atoms with Crippen LogP contribution in [0.5, 0.6) is 0 Å². The zero-order chi connectivity index (χ0) is 18.3. The van der Waals surface area contributed by atoms with Gasteiger partial charge in [-0.2, -0.15) is 0 Å². The highest BCUT2D eigenvalue weighted by Crippen LogP contribution is 2.32. The summed E-state index contributed by atoms with van der Waals surface area (Å²) in [5.41, 5.74) is 0.133. The number of esters is 2. The normalized spacial score (nSPS) is 18.2. The molecule has 0 fully saturated rings. The molecule has 1 unspecified atom stereocenters. The van der Waals surface area contributed by atoms with E-state index < -0.39 is 23.9 Å². The van der Waals surface area contributed by atoms with Crippen molar-refractivity contribution in [1.82, 2.24) is 4.90 Å². The van der Waals surface area contributed by atoms with E-state index in [1.165, 1.54) is 13.2 Å². The Morgan fingerprint density at radius 3 is 2.42 bits per heavy atom. The van der Waals surface area contributed by atoms with Crippen molar-refractivity contribution in [3.8, 4) is 0 Å². The standard InChI is InChI=1S/C17H21NO6/c1-6-9-10-11(7-2)18-13(17(21)23-5)12(16(20)22-4)14(15(18)19)24-8-3/h6-7,9-10,13H,2,8H2,1,3-5H3/b9-6-,11-10+. The van der Waals surface area contributed by atoms with Crippen molar-refractivity contribution in [2.24, 2.45) is 0 Å². The smallest absolute Gasteiger partial charge is 0.340 e. The van der Waals surface area contributed by atoms with E-state index in [2.05, 4.69) is 6.58 Å². The molecular formula is C17H21NO6. The Hall–Kier alpha value is -2.83. The number of rotatable bonds is 7. The molecule has 130 valence electrons. The van der Waals surface area contributed by atoms with Crippen LogP contribution in [0, 0.1) is 0 Å². The molecule has 0 saturated heterocycles. The van der Waals surface area contributed by atoms with E-state index >= 15 is 0 Å². The largest absolute Gasteiger partial charge is 0.488 e. The Bertz CT molecular complexity index is 629. The van der Waals surface area contributed by atoms with Crippen molar-refractivity contribution < 1.29 is 28.6 Å². The quantitative estimate of drug-likeness (QED) is 0.518. The molecular weight excluding hydrogens is 314 g/mol. The summed E-state index contributed by atoms with van der Waals surface area (Å²) >= 11 is 0. The molecule has 0 aromatic heterocycles. The van der Waals surface area contributed by atoms with Crippen LogP contribution < -0.4 is 0 Å². The van der Waals surface area contributed by atoms with Crippen molar-refractivity contribution >= 4 is 17.8 Å². The van der Waals surface area contributed by atoms with Gasteiger partial charge in [-0.15, -0.1) is 0 Å². The summed E-state index contributed by atoms with van der Waals surface area (Å²) in [7, 11) is 2.33. The number of hydrogen-bond acceptors (Lipinski definition) is 6. The van der Waals surface area contributed by atoms with Gasteiger partial charge < -0.3 is 14.2 Å². The first-order valence-electron chi connectivity index (χ1n) is 7.30. The summed E-state index contributed by atoms with van der Waals surface area (Å²) in [6.45, 7) is 7.25. The van der Waals surface area contributed by atoms with Gasteiger partial charge in [0.15, 0.2) is 11.8 Å². The minimum atomic E-state index is -1.30. The van der Waals surface area contributed by atoms with Crippen LogP contribution in [0.2, 0.25) is 0 Å². The highest BCUT2D eigenvalue weighted by molar-refractivity contribution is 6.12. The number of hydrogen-bond donors (Lipinski definition) is 0. The second-order valence-electron chi connectivity index (χ2n) is 4.59. The highest BCUT2D eigenvalue weighted by Gasteiger charge is 2.49. The van der Waals surface area contributed by atoms with Gasteiger partial charge in [0.2, 0.25) is 0 Å². The average Bonchev–Trinajstić information content (AvgIpc) is 2.88. The molecule has 7 heteroatoms. The third-order valence-corrected chi connectivity index (χ3v) is 3.25. The summed E-state index contributed by atoms with van der Waals surface area (Å²) in [5.74, 6) is -2.48.